The molecule has 0 aliphatic carbocycles. The molecule has 0 unspecified atom stereocenters. The van der Waals surface area contributed by atoms with E-state index in [1.165, 1.54) is 0 Å². The second kappa shape index (κ2) is 8.11. The predicted molar refractivity (Wildman–Crippen MR) is 120 cm³/mol. The first kappa shape index (κ1) is 19.8. The van der Waals surface area contributed by atoms with Crippen LogP contribution in [0.1, 0.15) is 11.9 Å². The van der Waals surface area contributed by atoms with Crippen molar-refractivity contribution in [3.8, 4) is 23.1 Å². The molecule has 30 heavy (non-hydrogen) atoms. The van der Waals surface area contributed by atoms with Gasteiger partial charge in [-0.05, 0) is 48.5 Å². The van der Waals surface area contributed by atoms with Gasteiger partial charge in [-0.3, -0.25) is 0 Å². The quantitative estimate of drug-likeness (QED) is 0.571. The van der Waals surface area contributed by atoms with Crippen LogP contribution in [-0.2, 0) is 0 Å². The lowest BCUT2D eigenvalue weighted by Gasteiger charge is -2.37. The summed E-state index contributed by atoms with van der Waals surface area (Å²) in [5, 5.41) is 13.3. The Kier molecular flexibility index (Phi) is 5.36. The minimum atomic E-state index is -0.532. The van der Waals surface area contributed by atoms with Gasteiger partial charge >= 0.3 is 0 Å². The van der Waals surface area contributed by atoms with Crippen molar-refractivity contribution in [2.45, 2.75) is 6.17 Å². The zero-order valence-corrected chi connectivity index (χ0v) is 17.5. The van der Waals surface area contributed by atoms with Crippen molar-refractivity contribution in [1.29, 1.82) is 5.26 Å². The van der Waals surface area contributed by atoms with Gasteiger partial charge in [0.05, 0.1) is 7.11 Å². The van der Waals surface area contributed by atoms with Gasteiger partial charge < -0.3 is 25.1 Å². The third-order valence-electron chi connectivity index (χ3n) is 4.72. The Labute approximate surface area is 184 Å². The Balaban J connectivity index is 1.77. The molecule has 0 spiro atoms. The number of nitrogens with zero attached hydrogens (tertiary/aromatic N) is 2. The molecule has 2 heterocycles. The van der Waals surface area contributed by atoms with Crippen molar-refractivity contribution >= 4 is 34.5 Å². The van der Waals surface area contributed by atoms with Crippen LogP contribution in [0.15, 0.2) is 76.5 Å². The molecule has 0 radical (unpaired) electrons. The average molecular weight is 437 g/mol. The van der Waals surface area contributed by atoms with Gasteiger partial charge in [0.1, 0.15) is 39.7 Å². The number of anilines is 1. The zero-order chi connectivity index (χ0) is 21.3. The van der Waals surface area contributed by atoms with E-state index in [2.05, 4.69) is 11.4 Å². The third kappa shape index (κ3) is 3.59. The van der Waals surface area contributed by atoms with Crippen LogP contribution >= 0.6 is 23.8 Å². The summed E-state index contributed by atoms with van der Waals surface area (Å²) in [4.78, 5) is 2.11. The van der Waals surface area contributed by atoms with E-state index >= 15 is 0 Å². The molecule has 0 bridgehead atoms. The first-order valence-electron chi connectivity index (χ1n) is 9.01. The van der Waals surface area contributed by atoms with E-state index in [0.29, 0.717) is 27.3 Å². The molecule has 8 heteroatoms. The highest BCUT2D eigenvalue weighted by molar-refractivity contribution is 7.81. The number of nitriles is 1. The summed E-state index contributed by atoms with van der Waals surface area (Å²) < 4.78 is 11.4. The van der Waals surface area contributed by atoms with Gasteiger partial charge in [0.2, 0.25) is 0 Å². The molecule has 0 saturated carbocycles. The van der Waals surface area contributed by atoms with Crippen LogP contribution in [0.25, 0.3) is 11.3 Å². The SMILES string of the molecule is COc1ccc(N2C(=S)C(C#N)=C(N)N[C@H]2c2ccc(-c3cccc(Cl)c3)o2)cc1. The van der Waals surface area contributed by atoms with E-state index < -0.39 is 6.17 Å². The third-order valence-corrected chi connectivity index (χ3v) is 5.36. The summed E-state index contributed by atoms with van der Waals surface area (Å²) >= 11 is 11.7. The lowest BCUT2D eigenvalue weighted by atomic mass is 10.1. The molecule has 1 atom stereocenters. The molecular formula is C22H17ClN4O2S. The Morgan fingerprint density at radius 2 is 1.97 bits per heavy atom. The Morgan fingerprint density at radius 3 is 2.63 bits per heavy atom. The maximum Gasteiger partial charge on any atom is 0.165 e. The molecule has 150 valence electrons. The van der Waals surface area contributed by atoms with E-state index in [9.17, 15) is 5.26 Å². The van der Waals surface area contributed by atoms with E-state index in [-0.39, 0.29) is 11.4 Å². The fourth-order valence-corrected chi connectivity index (χ4v) is 3.81. The number of ether oxygens (including phenoxy) is 1. The standard InChI is InChI=1S/C22H17ClN4O2S/c1-28-16-7-5-15(6-8-16)27-21(26-20(25)17(12-24)22(27)30)19-10-9-18(29-19)13-3-2-4-14(23)11-13/h2-11,21,26H,25H2,1H3/t21-/m1/s1. The number of halogens is 1. The molecule has 1 aliphatic heterocycles. The highest BCUT2D eigenvalue weighted by Gasteiger charge is 2.34. The maximum atomic E-state index is 9.52. The number of nitrogens with two attached hydrogens (primary N) is 1. The second-order valence-corrected chi connectivity index (χ2v) is 7.36. The van der Waals surface area contributed by atoms with Gasteiger partial charge in [0.15, 0.2) is 6.17 Å². The van der Waals surface area contributed by atoms with Crippen molar-refractivity contribution in [3.05, 3.63) is 82.8 Å². The molecule has 1 aliphatic rings. The van der Waals surface area contributed by atoms with E-state index in [4.69, 9.17) is 38.7 Å². The Bertz CT molecular complexity index is 1180. The van der Waals surface area contributed by atoms with Crippen molar-refractivity contribution in [3.63, 3.8) is 0 Å². The van der Waals surface area contributed by atoms with Gasteiger partial charge in [-0.25, -0.2) is 0 Å². The van der Waals surface area contributed by atoms with E-state index in [1.807, 2.05) is 54.6 Å². The number of thiocarbonyl (C=S) groups is 1. The van der Waals surface area contributed by atoms with E-state index in [1.54, 1.807) is 18.1 Å². The van der Waals surface area contributed by atoms with Crippen molar-refractivity contribution in [2.75, 3.05) is 12.0 Å². The normalized spacial score (nSPS) is 16.2. The van der Waals surface area contributed by atoms with Crippen LogP contribution in [0, 0.1) is 11.3 Å². The van der Waals surface area contributed by atoms with Crippen LogP contribution in [0.5, 0.6) is 5.75 Å². The fraction of sp³-hybridized carbons (Fsp3) is 0.0909. The smallest absolute Gasteiger partial charge is 0.165 e. The van der Waals surface area contributed by atoms with Crippen molar-refractivity contribution < 1.29 is 9.15 Å². The number of hydrogen-bond acceptors (Lipinski definition) is 6. The van der Waals surface area contributed by atoms with Gasteiger partial charge in [-0.2, -0.15) is 5.26 Å². The summed E-state index contributed by atoms with van der Waals surface area (Å²) in [6.07, 6.45) is -0.532. The molecule has 0 fully saturated rings. The van der Waals surface area contributed by atoms with Crippen LogP contribution in [0.2, 0.25) is 5.02 Å². The number of rotatable bonds is 4. The molecule has 3 aromatic rings. The lowest BCUT2D eigenvalue weighted by Crippen LogP contribution is -2.48. The fourth-order valence-electron chi connectivity index (χ4n) is 3.25. The summed E-state index contributed by atoms with van der Waals surface area (Å²) in [7, 11) is 1.60. The first-order chi connectivity index (χ1) is 14.5. The van der Waals surface area contributed by atoms with Crippen LogP contribution in [-0.4, -0.2) is 12.1 Å². The molecule has 0 saturated heterocycles. The van der Waals surface area contributed by atoms with Crippen LogP contribution in [0.3, 0.4) is 0 Å². The molecule has 2 aromatic carbocycles. The number of nitrogens with one attached hydrogen (secondary N) is 1. The highest BCUT2D eigenvalue weighted by atomic mass is 35.5. The van der Waals surface area contributed by atoms with Crippen molar-refractivity contribution in [1.82, 2.24) is 5.32 Å². The second-order valence-electron chi connectivity index (χ2n) is 6.53. The Hall–Kier alpha value is -3.47. The topological polar surface area (TPSA) is 87.5 Å². The average Bonchev–Trinajstić information content (AvgIpc) is 3.24. The maximum absolute atomic E-state index is 9.52. The number of benzene rings is 2. The number of methoxy groups -OCH3 is 1. The zero-order valence-electron chi connectivity index (χ0n) is 15.9. The summed E-state index contributed by atoms with van der Waals surface area (Å²) in [6.45, 7) is 0. The summed E-state index contributed by atoms with van der Waals surface area (Å²) in [5.74, 6) is 2.16. The largest absolute Gasteiger partial charge is 0.497 e. The number of furan rings is 1. The lowest BCUT2D eigenvalue weighted by molar-refractivity contribution is 0.414. The van der Waals surface area contributed by atoms with Crippen molar-refractivity contribution in [2.24, 2.45) is 5.73 Å². The molecular weight excluding hydrogens is 420 g/mol. The Morgan fingerprint density at radius 1 is 1.20 bits per heavy atom. The summed E-state index contributed by atoms with van der Waals surface area (Å²) in [6, 6.07) is 20.5. The molecule has 1 aromatic heterocycles. The minimum absolute atomic E-state index is 0.206. The summed E-state index contributed by atoms with van der Waals surface area (Å²) in [5.41, 5.74) is 7.91. The number of hydrogen-bond donors (Lipinski definition) is 2. The van der Waals surface area contributed by atoms with E-state index in [0.717, 1.165) is 11.3 Å². The molecule has 6 nitrogen and oxygen atoms in total. The predicted octanol–water partition coefficient (Wildman–Crippen LogP) is 4.74. The molecule has 0 amide bonds. The molecule has 4 rings (SSSR count). The van der Waals surface area contributed by atoms with Gasteiger partial charge in [0, 0.05) is 16.3 Å². The monoisotopic (exact) mass is 436 g/mol. The van der Waals surface area contributed by atoms with Gasteiger partial charge in [-0.15, -0.1) is 0 Å². The van der Waals surface area contributed by atoms with Crippen LogP contribution < -0.4 is 20.7 Å². The molecule has 3 N–H and O–H groups in total. The highest BCUT2D eigenvalue weighted by Crippen LogP contribution is 2.35. The first-order valence-corrected chi connectivity index (χ1v) is 9.80. The van der Waals surface area contributed by atoms with Gasteiger partial charge in [-0.1, -0.05) is 36.0 Å². The van der Waals surface area contributed by atoms with Crippen LogP contribution in [0.4, 0.5) is 5.69 Å². The van der Waals surface area contributed by atoms with Gasteiger partial charge in [0.25, 0.3) is 0 Å². The minimum Gasteiger partial charge on any atom is -0.497 e.